The molecule has 0 atom stereocenters. The summed E-state index contributed by atoms with van der Waals surface area (Å²) in [7, 11) is 1.65. The number of anilines is 1. The molecule has 0 aliphatic carbocycles. The lowest BCUT2D eigenvalue weighted by Gasteiger charge is -2.10. The number of aromatic nitrogens is 2. The van der Waals surface area contributed by atoms with Gasteiger partial charge < -0.3 is 14.8 Å². The van der Waals surface area contributed by atoms with Gasteiger partial charge in [-0.2, -0.15) is 5.26 Å². The molecule has 0 saturated heterocycles. The van der Waals surface area contributed by atoms with Crippen LogP contribution in [0.25, 0.3) is 11.3 Å². The molecule has 0 amide bonds. The molecule has 142 valence electrons. The van der Waals surface area contributed by atoms with E-state index >= 15 is 0 Å². The molecule has 6 nitrogen and oxygen atoms in total. The van der Waals surface area contributed by atoms with E-state index in [2.05, 4.69) is 15.3 Å². The van der Waals surface area contributed by atoms with Gasteiger partial charge in [0, 0.05) is 18.2 Å². The Morgan fingerprint density at radius 2 is 1.86 bits per heavy atom. The second-order valence-corrected chi connectivity index (χ2v) is 6.19. The molecule has 2 aromatic carbocycles. The van der Waals surface area contributed by atoms with Gasteiger partial charge in [-0.05, 0) is 43.2 Å². The maximum atomic E-state index is 8.62. The van der Waals surface area contributed by atoms with Gasteiger partial charge in [0.1, 0.15) is 29.2 Å². The van der Waals surface area contributed by atoms with Crippen LogP contribution in [0, 0.1) is 18.3 Å². The molecule has 3 aromatic rings. The quantitative estimate of drug-likeness (QED) is 0.641. The van der Waals surface area contributed by atoms with Crippen molar-refractivity contribution in [2.24, 2.45) is 0 Å². The Balaban J connectivity index is 1.66. The minimum atomic E-state index is 0.0506. The number of rotatable bonds is 8. The first-order valence-corrected chi connectivity index (χ1v) is 9.00. The summed E-state index contributed by atoms with van der Waals surface area (Å²) in [6.45, 7) is 2.65. The molecule has 0 bridgehead atoms. The van der Waals surface area contributed by atoms with Gasteiger partial charge in [0.05, 0.1) is 12.8 Å². The van der Waals surface area contributed by atoms with E-state index in [1.165, 1.54) is 0 Å². The summed E-state index contributed by atoms with van der Waals surface area (Å²) in [5.74, 6) is 2.98. The lowest BCUT2D eigenvalue weighted by molar-refractivity contribution is 0.368. The van der Waals surface area contributed by atoms with Crippen LogP contribution in [0.4, 0.5) is 5.82 Å². The van der Waals surface area contributed by atoms with Crippen molar-refractivity contribution in [3.63, 3.8) is 0 Å². The molecular formula is C22H22N4O2. The van der Waals surface area contributed by atoms with Crippen LogP contribution in [0.1, 0.15) is 11.4 Å². The predicted molar refractivity (Wildman–Crippen MR) is 109 cm³/mol. The molecule has 1 N–H and O–H groups in total. The lowest BCUT2D eigenvalue weighted by Crippen LogP contribution is -2.08. The zero-order valence-electron chi connectivity index (χ0n) is 16.0. The Labute approximate surface area is 164 Å². The van der Waals surface area contributed by atoms with E-state index in [9.17, 15) is 0 Å². The number of nitrogens with one attached hydrogen (secondary N) is 1. The number of nitrogens with zero attached hydrogens (tertiary/aromatic N) is 3. The third-order valence-electron chi connectivity index (χ3n) is 4.13. The minimum absolute atomic E-state index is 0.0506. The summed E-state index contributed by atoms with van der Waals surface area (Å²) < 4.78 is 10.6. The van der Waals surface area contributed by atoms with Gasteiger partial charge in [-0.1, -0.05) is 24.3 Å². The van der Waals surface area contributed by atoms with Crippen molar-refractivity contribution < 1.29 is 9.47 Å². The number of benzene rings is 2. The molecule has 0 saturated carbocycles. The Morgan fingerprint density at radius 1 is 1.04 bits per heavy atom. The van der Waals surface area contributed by atoms with E-state index < -0.39 is 0 Å². The molecule has 0 unspecified atom stereocenters. The fourth-order valence-corrected chi connectivity index (χ4v) is 2.83. The highest BCUT2D eigenvalue weighted by molar-refractivity contribution is 5.64. The van der Waals surface area contributed by atoms with Gasteiger partial charge in [-0.15, -0.1) is 0 Å². The molecular weight excluding hydrogens is 352 g/mol. The highest BCUT2D eigenvalue weighted by Gasteiger charge is 2.06. The number of hydrogen-bond acceptors (Lipinski definition) is 6. The summed E-state index contributed by atoms with van der Waals surface area (Å²) >= 11 is 0. The zero-order valence-corrected chi connectivity index (χ0v) is 16.0. The number of hydrogen-bond donors (Lipinski definition) is 1. The van der Waals surface area contributed by atoms with Crippen LogP contribution in [0.3, 0.4) is 0 Å². The van der Waals surface area contributed by atoms with Crippen molar-refractivity contribution in [2.45, 2.75) is 13.3 Å². The van der Waals surface area contributed by atoms with Gasteiger partial charge in [0.15, 0.2) is 6.61 Å². The summed E-state index contributed by atoms with van der Waals surface area (Å²) in [6, 6.07) is 19.5. The average molecular weight is 374 g/mol. The molecule has 0 aliphatic rings. The van der Waals surface area contributed by atoms with Crippen LogP contribution in [0.5, 0.6) is 11.5 Å². The fraction of sp³-hybridized carbons (Fsp3) is 0.227. The Morgan fingerprint density at radius 3 is 2.68 bits per heavy atom. The number of ether oxygens (including phenoxy) is 2. The van der Waals surface area contributed by atoms with Crippen molar-refractivity contribution in [1.29, 1.82) is 5.26 Å². The van der Waals surface area contributed by atoms with E-state index in [0.717, 1.165) is 41.4 Å². The van der Waals surface area contributed by atoms with Crippen molar-refractivity contribution in [3.05, 3.63) is 66.0 Å². The molecule has 0 radical (unpaired) electrons. The predicted octanol–water partition coefficient (Wildman–Crippen LogP) is 4.02. The van der Waals surface area contributed by atoms with Crippen molar-refractivity contribution in [1.82, 2.24) is 9.97 Å². The molecule has 28 heavy (non-hydrogen) atoms. The normalized spacial score (nSPS) is 10.2. The van der Waals surface area contributed by atoms with E-state index in [4.69, 9.17) is 14.7 Å². The maximum absolute atomic E-state index is 8.62. The zero-order chi connectivity index (χ0) is 19.8. The minimum Gasteiger partial charge on any atom is -0.497 e. The topological polar surface area (TPSA) is 80.1 Å². The van der Waals surface area contributed by atoms with Crippen LogP contribution >= 0.6 is 0 Å². The average Bonchev–Trinajstić information content (AvgIpc) is 2.72. The van der Waals surface area contributed by atoms with Crippen LogP contribution in [-0.4, -0.2) is 30.2 Å². The Bertz CT molecular complexity index is 982. The van der Waals surface area contributed by atoms with Gasteiger partial charge in [0.2, 0.25) is 0 Å². The standard InChI is InChI=1S/C22H22N4O2/c1-16-25-21(18-6-4-7-19(14-18)27-2)15-22(26-16)24-11-9-17-5-3-8-20(13-17)28-12-10-23/h3-8,13-15H,9,11-12H2,1-2H3,(H,24,25,26). The highest BCUT2D eigenvalue weighted by atomic mass is 16.5. The van der Waals surface area contributed by atoms with Crippen LogP contribution in [-0.2, 0) is 6.42 Å². The van der Waals surface area contributed by atoms with Crippen molar-refractivity contribution in [3.8, 4) is 28.8 Å². The highest BCUT2D eigenvalue weighted by Crippen LogP contribution is 2.24. The SMILES string of the molecule is COc1cccc(-c2cc(NCCc3cccc(OCC#N)c3)nc(C)n2)c1. The summed E-state index contributed by atoms with van der Waals surface area (Å²) in [5, 5.41) is 12.0. The molecule has 3 rings (SSSR count). The van der Waals surface area contributed by atoms with Crippen molar-refractivity contribution in [2.75, 3.05) is 25.6 Å². The first-order valence-electron chi connectivity index (χ1n) is 9.00. The maximum Gasteiger partial charge on any atom is 0.174 e. The molecule has 0 aliphatic heterocycles. The fourth-order valence-electron chi connectivity index (χ4n) is 2.83. The van der Waals surface area contributed by atoms with E-state index in [0.29, 0.717) is 11.6 Å². The van der Waals surface area contributed by atoms with Gasteiger partial charge in [-0.3, -0.25) is 0 Å². The first kappa shape index (κ1) is 19.2. The van der Waals surface area contributed by atoms with E-state index in [-0.39, 0.29) is 6.61 Å². The first-order chi connectivity index (χ1) is 13.7. The summed E-state index contributed by atoms with van der Waals surface area (Å²) in [5.41, 5.74) is 2.96. The third kappa shape index (κ3) is 5.21. The van der Waals surface area contributed by atoms with E-state index in [1.807, 2.05) is 67.6 Å². The smallest absolute Gasteiger partial charge is 0.174 e. The van der Waals surface area contributed by atoms with E-state index in [1.54, 1.807) is 7.11 Å². The Kier molecular flexibility index (Phi) is 6.42. The summed E-state index contributed by atoms with van der Waals surface area (Å²) in [4.78, 5) is 9.01. The van der Waals surface area contributed by atoms with Gasteiger partial charge in [0.25, 0.3) is 0 Å². The second-order valence-electron chi connectivity index (χ2n) is 6.19. The van der Waals surface area contributed by atoms with Crippen LogP contribution < -0.4 is 14.8 Å². The van der Waals surface area contributed by atoms with Crippen molar-refractivity contribution >= 4 is 5.82 Å². The van der Waals surface area contributed by atoms with Crippen LogP contribution in [0.2, 0.25) is 0 Å². The second kappa shape index (κ2) is 9.38. The van der Waals surface area contributed by atoms with Crippen LogP contribution in [0.15, 0.2) is 54.6 Å². The lowest BCUT2D eigenvalue weighted by atomic mass is 10.1. The number of aryl methyl sites for hydroxylation is 1. The molecule has 0 fully saturated rings. The number of methoxy groups -OCH3 is 1. The van der Waals surface area contributed by atoms with Gasteiger partial charge >= 0.3 is 0 Å². The number of nitriles is 1. The summed E-state index contributed by atoms with van der Waals surface area (Å²) in [6.07, 6.45) is 0.807. The molecule has 6 heteroatoms. The third-order valence-corrected chi connectivity index (χ3v) is 4.13. The molecule has 1 aromatic heterocycles. The monoisotopic (exact) mass is 374 g/mol. The van der Waals surface area contributed by atoms with Gasteiger partial charge in [-0.25, -0.2) is 9.97 Å². The largest absolute Gasteiger partial charge is 0.497 e. The molecule has 1 heterocycles. The Hall–Kier alpha value is -3.59. The molecule has 0 spiro atoms.